The highest BCUT2D eigenvalue weighted by Crippen LogP contribution is 1.99. The van der Waals surface area contributed by atoms with Crippen molar-refractivity contribution < 1.29 is 9.47 Å². The van der Waals surface area contributed by atoms with E-state index in [4.69, 9.17) is 9.47 Å². The van der Waals surface area contributed by atoms with Crippen LogP contribution >= 0.6 is 0 Å². The Morgan fingerprint density at radius 3 is 2.18 bits per heavy atom. The molecule has 0 aromatic rings. The number of rotatable bonds is 8. The quantitative estimate of drug-likeness (QED) is 0.505. The second-order valence-corrected chi connectivity index (χ2v) is 2.52. The molecule has 2 heteroatoms. The Kier molecular flexibility index (Phi) is 9.85. The van der Waals surface area contributed by atoms with Crippen molar-refractivity contribution in [3.63, 3.8) is 0 Å². The Morgan fingerprint density at radius 1 is 1.00 bits per heavy atom. The van der Waals surface area contributed by atoms with Crippen LogP contribution in [0.2, 0.25) is 0 Å². The normalized spacial score (nSPS) is 10.4. The maximum atomic E-state index is 5.10. The molecule has 0 spiro atoms. The summed E-state index contributed by atoms with van der Waals surface area (Å²) in [6.07, 6.45) is 4.80. The van der Waals surface area contributed by atoms with E-state index in [0.29, 0.717) is 6.61 Å². The molecule has 67 valence electrons. The fourth-order valence-corrected chi connectivity index (χ4v) is 0.906. The van der Waals surface area contributed by atoms with Gasteiger partial charge in [-0.25, -0.2) is 0 Å². The summed E-state index contributed by atoms with van der Waals surface area (Å²) in [7, 11) is 1.74. The van der Waals surface area contributed by atoms with Crippen LogP contribution in [-0.2, 0) is 9.47 Å². The largest absolute Gasteiger partial charge is 0.385 e. The van der Waals surface area contributed by atoms with E-state index in [0.717, 1.165) is 19.6 Å². The third-order valence-corrected chi connectivity index (χ3v) is 1.53. The Hall–Kier alpha value is -0.0800. The first-order valence-corrected chi connectivity index (χ1v) is 4.27. The van der Waals surface area contributed by atoms with Crippen molar-refractivity contribution in [3.05, 3.63) is 6.92 Å². The average molecular weight is 159 g/mol. The van der Waals surface area contributed by atoms with E-state index in [1.807, 2.05) is 0 Å². The summed E-state index contributed by atoms with van der Waals surface area (Å²) in [6.45, 7) is 5.93. The van der Waals surface area contributed by atoms with Crippen LogP contribution in [0.25, 0.3) is 0 Å². The summed E-state index contributed by atoms with van der Waals surface area (Å²) in [5, 5.41) is 0. The molecule has 0 aliphatic rings. The monoisotopic (exact) mass is 159 g/mol. The van der Waals surface area contributed by atoms with E-state index in [-0.39, 0.29) is 0 Å². The Morgan fingerprint density at radius 2 is 1.64 bits per heavy atom. The number of hydrogen-bond acceptors (Lipinski definition) is 2. The topological polar surface area (TPSA) is 18.5 Å². The molecule has 0 atom stereocenters. The Bertz CT molecular complexity index is 56.6. The lowest BCUT2D eigenvalue weighted by Crippen LogP contribution is -1.94. The van der Waals surface area contributed by atoms with E-state index < -0.39 is 0 Å². The molecule has 0 rings (SSSR count). The SMILES string of the molecule is [CH2]COCCCCCCOC. The lowest BCUT2D eigenvalue weighted by molar-refractivity contribution is 0.153. The first-order valence-electron chi connectivity index (χ1n) is 4.27. The van der Waals surface area contributed by atoms with Crippen LogP contribution in [0.5, 0.6) is 0 Å². The first kappa shape index (κ1) is 10.9. The maximum Gasteiger partial charge on any atom is 0.0466 e. The molecule has 0 aliphatic carbocycles. The van der Waals surface area contributed by atoms with Crippen molar-refractivity contribution >= 4 is 0 Å². The molecule has 0 aliphatic heterocycles. The van der Waals surface area contributed by atoms with Crippen molar-refractivity contribution in [1.82, 2.24) is 0 Å². The molecule has 0 unspecified atom stereocenters. The van der Waals surface area contributed by atoms with Crippen molar-refractivity contribution in [2.24, 2.45) is 0 Å². The van der Waals surface area contributed by atoms with Crippen molar-refractivity contribution in [3.8, 4) is 0 Å². The van der Waals surface area contributed by atoms with Gasteiger partial charge in [0.15, 0.2) is 0 Å². The first-order chi connectivity index (χ1) is 5.41. The molecule has 0 aromatic heterocycles. The van der Waals surface area contributed by atoms with Gasteiger partial charge in [-0.15, -0.1) is 0 Å². The smallest absolute Gasteiger partial charge is 0.0466 e. The highest BCUT2D eigenvalue weighted by Gasteiger charge is 1.88. The summed E-state index contributed by atoms with van der Waals surface area (Å²) in [6, 6.07) is 0. The minimum absolute atomic E-state index is 0.595. The van der Waals surface area contributed by atoms with Gasteiger partial charge in [0.2, 0.25) is 0 Å². The molecular formula is C9H19O2. The summed E-state index contributed by atoms with van der Waals surface area (Å²) in [5.74, 6) is 0. The van der Waals surface area contributed by atoms with Crippen LogP contribution in [0, 0.1) is 6.92 Å². The standard InChI is InChI=1S/C9H19O2/c1-3-11-9-7-5-4-6-8-10-2/h1,3-9H2,2H3. The van der Waals surface area contributed by atoms with E-state index in [2.05, 4.69) is 6.92 Å². The third-order valence-electron chi connectivity index (χ3n) is 1.53. The molecule has 0 bridgehead atoms. The summed E-state index contributed by atoms with van der Waals surface area (Å²) in [5.41, 5.74) is 0. The zero-order valence-electron chi connectivity index (χ0n) is 7.47. The van der Waals surface area contributed by atoms with Crippen molar-refractivity contribution in [2.75, 3.05) is 26.9 Å². The van der Waals surface area contributed by atoms with Gasteiger partial charge in [-0.1, -0.05) is 12.8 Å². The van der Waals surface area contributed by atoms with Crippen LogP contribution in [0.1, 0.15) is 25.7 Å². The summed E-state index contributed by atoms with van der Waals surface area (Å²) >= 11 is 0. The van der Waals surface area contributed by atoms with Gasteiger partial charge < -0.3 is 9.47 Å². The third kappa shape index (κ3) is 9.92. The lowest BCUT2D eigenvalue weighted by Gasteiger charge is -2.00. The van der Waals surface area contributed by atoms with Gasteiger partial charge >= 0.3 is 0 Å². The zero-order chi connectivity index (χ0) is 8.36. The molecule has 11 heavy (non-hydrogen) atoms. The van der Waals surface area contributed by atoms with E-state index in [1.165, 1.54) is 19.3 Å². The molecule has 0 fully saturated rings. The molecule has 0 heterocycles. The van der Waals surface area contributed by atoms with E-state index in [9.17, 15) is 0 Å². The van der Waals surface area contributed by atoms with E-state index in [1.54, 1.807) is 7.11 Å². The number of ether oxygens (including phenoxy) is 2. The predicted molar refractivity (Wildman–Crippen MR) is 46.5 cm³/mol. The lowest BCUT2D eigenvalue weighted by atomic mass is 10.2. The second-order valence-electron chi connectivity index (χ2n) is 2.52. The minimum atomic E-state index is 0.595. The van der Waals surface area contributed by atoms with Crippen LogP contribution in [0.15, 0.2) is 0 Å². The molecule has 0 saturated heterocycles. The van der Waals surface area contributed by atoms with E-state index >= 15 is 0 Å². The average Bonchev–Trinajstić information content (AvgIpc) is 2.03. The van der Waals surface area contributed by atoms with Gasteiger partial charge in [-0.2, -0.15) is 0 Å². The second kappa shape index (κ2) is 9.92. The van der Waals surface area contributed by atoms with Crippen molar-refractivity contribution in [1.29, 1.82) is 0 Å². The predicted octanol–water partition coefficient (Wildman–Crippen LogP) is 2.04. The number of methoxy groups -OCH3 is 1. The van der Waals surface area contributed by atoms with Crippen LogP contribution in [0.3, 0.4) is 0 Å². The molecule has 1 radical (unpaired) electrons. The summed E-state index contributed by atoms with van der Waals surface area (Å²) < 4.78 is 10.0. The molecule has 0 N–H and O–H groups in total. The Balaban J connectivity index is 2.69. The fraction of sp³-hybridized carbons (Fsp3) is 0.889. The van der Waals surface area contributed by atoms with Gasteiger partial charge in [0.25, 0.3) is 0 Å². The van der Waals surface area contributed by atoms with Gasteiger partial charge in [0.1, 0.15) is 0 Å². The van der Waals surface area contributed by atoms with Gasteiger partial charge in [0, 0.05) is 26.9 Å². The number of hydrogen-bond donors (Lipinski definition) is 0. The van der Waals surface area contributed by atoms with Crippen molar-refractivity contribution in [2.45, 2.75) is 25.7 Å². The zero-order valence-corrected chi connectivity index (χ0v) is 7.47. The molecule has 0 saturated carbocycles. The Labute approximate surface area is 69.9 Å². The van der Waals surface area contributed by atoms with Crippen LogP contribution in [0.4, 0.5) is 0 Å². The van der Waals surface area contributed by atoms with Gasteiger partial charge in [-0.05, 0) is 19.8 Å². The van der Waals surface area contributed by atoms with Crippen LogP contribution in [-0.4, -0.2) is 26.9 Å². The molecule has 2 nitrogen and oxygen atoms in total. The maximum absolute atomic E-state index is 5.10. The number of unbranched alkanes of at least 4 members (excludes halogenated alkanes) is 3. The van der Waals surface area contributed by atoms with Gasteiger partial charge in [0.05, 0.1) is 0 Å². The summed E-state index contributed by atoms with van der Waals surface area (Å²) in [4.78, 5) is 0. The fourth-order valence-electron chi connectivity index (χ4n) is 0.906. The van der Waals surface area contributed by atoms with Gasteiger partial charge in [-0.3, -0.25) is 0 Å². The highest BCUT2D eigenvalue weighted by molar-refractivity contribution is 4.42. The minimum Gasteiger partial charge on any atom is -0.385 e. The molecule has 0 amide bonds. The van der Waals surface area contributed by atoms with Crippen LogP contribution < -0.4 is 0 Å². The molecular weight excluding hydrogens is 140 g/mol. The molecule has 0 aromatic carbocycles. The highest BCUT2D eigenvalue weighted by atomic mass is 16.5.